The molecule has 0 heterocycles. The van der Waals surface area contributed by atoms with E-state index in [2.05, 4.69) is 18.5 Å². The van der Waals surface area contributed by atoms with Gasteiger partial charge in [-0.25, -0.2) is 0 Å². The van der Waals surface area contributed by atoms with Crippen LogP contribution in [0, 0.1) is 6.92 Å². The van der Waals surface area contributed by atoms with E-state index in [0.29, 0.717) is 13.1 Å². The molecule has 0 aliphatic carbocycles. The van der Waals surface area contributed by atoms with Gasteiger partial charge >= 0.3 is 11.8 Å². The van der Waals surface area contributed by atoms with Crippen molar-refractivity contribution in [1.29, 1.82) is 0 Å². The highest BCUT2D eigenvalue weighted by Gasteiger charge is 2.21. The van der Waals surface area contributed by atoms with Crippen molar-refractivity contribution in [2.24, 2.45) is 0 Å². The van der Waals surface area contributed by atoms with Crippen LogP contribution < -0.4 is 5.32 Å². The molecule has 0 radical (unpaired) electrons. The van der Waals surface area contributed by atoms with Crippen LogP contribution in [-0.2, 0) is 16.0 Å². The normalized spacial score (nSPS) is 9.81. The highest BCUT2D eigenvalue weighted by atomic mass is 16.2. The average molecular weight is 286 g/mol. The van der Waals surface area contributed by atoms with Gasteiger partial charge < -0.3 is 10.2 Å². The lowest BCUT2D eigenvalue weighted by atomic mass is 10.1. The predicted octanol–water partition coefficient (Wildman–Crippen LogP) is 2.70. The van der Waals surface area contributed by atoms with Gasteiger partial charge in [0, 0.05) is 18.8 Å². The number of carbonyl (C=O) groups excluding carboxylic acids is 2. The van der Waals surface area contributed by atoms with E-state index < -0.39 is 11.8 Å². The molecule has 112 valence electrons. The molecule has 4 heteroatoms. The highest BCUT2D eigenvalue weighted by Crippen LogP contribution is 2.21. The van der Waals surface area contributed by atoms with Gasteiger partial charge in [-0.15, -0.1) is 13.2 Å². The van der Waals surface area contributed by atoms with Crippen molar-refractivity contribution in [1.82, 2.24) is 4.90 Å². The van der Waals surface area contributed by atoms with Crippen LogP contribution in [0.2, 0.25) is 0 Å². The Labute approximate surface area is 126 Å². The molecule has 1 aromatic carbocycles. The molecule has 2 amide bonds. The van der Waals surface area contributed by atoms with E-state index in [9.17, 15) is 9.59 Å². The smallest absolute Gasteiger partial charge is 0.313 e. The zero-order valence-electron chi connectivity index (χ0n) is 12.7. The van der Waals surface area contributed by atoms with Crippen LogP contribution in [0.3, 0.4) is 0 Å². The van der Waals surface area contributed by atoms with Crippen molar-refractivity contribution >= 4 is 17.5 Å². The lowest BCUT2D eigenvalue weighted by molar-refractivity contribution is -0.142. The molecule has 0 bridgehead atoms. The van der Waals surface area contributed by atoms with Crippen molar-refractivity contribution in [2.45, 2.75) is 20.3 Å². The Balaban J connectivity index is 2.92. The number of hydrogen-bond donors (Lipinski definition) is 1. The van der Waals surface area contributed by atoms with Crippen LogP contribution in [0.15, 0.2) is 43.5 Å². The zero-order chi connectivity index (χ0) is 15.8. The summed E-state index contributed by atoms with van der Waals surface area (Å²) in [5.74, 6) is -1.22. The first kappa shape index (κ1) is 16.7. The fourth-order valence-electron chi connectivity index (χ4n) is 2.06. The summed E-state index contributed by atoms with van der Waals surface area (Å²) in [4.78, 5) is 25.7. The molecule has 1 rings (SSSR count). The first-order valence-electron chi connectivity index (χ1n) is 6.95. The van der Waals surface area contributed by atoms with Crippen LogP contribution in [0.25, 0.3) is 0 Å². The summed E-state index contributed by atoms with van der Waals surface area (Å²) in [6.45, 7) is 11.7. The standard InChI is InChI=1S/C17H22N2O2/c1-5-11-19(12-6-2)17(21)16(20)18-15-13(4)9-8-10-14(15)7-3/h5-6,8-10H,1-2,7,11-12H2,3-4H3,(H,18,20). The molecular formula is C17H22N2O2. The predicted molar refractivity (Wildman–Crippen MR) is 86.2 cm³/mol. The lowest BCUT2D eigenvalue weighted by Crippen LogP contribution is -2.40. The van der Waals surface area contributed by atoms with E-state index >= 15 is 0 Å². The molecular weight excluding hydrogens is 264 g/mol. The summed E-state index contributed by atoms with van der Waals surface area (Å²) in [6.07, 6.45) is 3.95. The van der Waals surface area contributed by atoms with Crippen molar-refractivity contribution in [3.05, 3.63) is 54.6 Å². The maximum absolute atomic E-state index is 12.2. The molecule has 21 heavy (non-hydrogen) atoms. The molecule has 0 unspecified atom stereocenters. The number of carbonyl (C=O) groups is 2. The van der Waals surface area contributed by atoms with Crippen LogP contribution in [0.4, 0.5) is 5.69 Å². The second kappa shape index (κ2) is 8.04. The molecule has 0 aromatic heterocycles. The number of hydrogen-bond acceptors (Lipinski definition) is 2. The third-order valence-corrected chi connectivity index (χ3v) is 3.16. The number of amides is 2. The van der Waals surface area contributed by atoms with Crippen molar-refractivity contribution < 1.29 is 9.59 Å². The number of nitrogens with zero attached hydrogens (tertiary/aromatic N) is 1. The van der Waals surface area contributed by atoms with Gasteiger partial charge in [-0.2, -0.15) is 0 Å². The number of benzene rings is 1. The summed E-state index contributed by atoms with van der Waals surface area (Å²) in [5, 5.41) is 2.73. The molecule has 0 saturated carbocycles. The maximum atomic E-state index is 12.2. The molecule has 1 aromatic rings. The Morgan fingerprint density at radius 2 is 1.86 bits per heavy atom. The molecule has 0 aliphatic rings. The second-order valence-electron chi connectivity index (χ2n) is 4.70. The zero-order valence-corrected chi connectivity index (χ0v) is 12.7. The molecule has 0 aliphatic heterocycles. The van der Waals surface area contributed by atoms with Crippen LogP contribution in [-0.4, -0.2) is 29.8 Å². The summed E-state index contributed by atoms with van der Waals surface area (Å²) in [7, 11) is 0. The van der Waals surface area contributed by atoms with Gasteiger partial charge in [0.2, 0.25) is 0 Å². The van der Waals surface area contributed by atoms with E-state index in [0.717, 1.165) is 23.2 Å². The lowest BCUT2D eigenvalue weighted by Gasteiger charge is -2.19. The minimum Gasteiger partial charge on any atom is -0.327 e. The van der Waals surface area contributed by atoms with E-state index in [1.807, 2.05) is 32.0 Å². The summed E-state index contributed by atoms with van der Waals surface area (Å²) in [6, 6.07) is 5.79. The Hall–Kier alpha value is -2.36. The summed E-state index contributed by atoms with van der Waals surface area (Å²) in [5.41, 5.74) is 2.67. The SMILES string of the molecule is C=CCN(CC=C)C(=O)C(=O)Nc1c(C)cccc1CC. The van der Waals surface area contributed by atoms with E-state index in [4.69, 9.17) is 0 Å². The van der Waals surface area contributed by atoms with Gasteiger partial charge in [0.15, 0.2) is 0 Å². The van der Waals surface area contributed by atoms with Crippen LogP contribution in [0.5, 0.6) is 0 Å². The Morgan fingerprint density at radius 1 is 1.24 bits per heavy atom. The number of rotatable bonds is 6. The molecule has 0 atom stereocenters. The number of aryl methyl sites for hydroxylation is 2. The fraction of sp³-hybridized carbons (Fsp3) is 0.294. The number of anilines is 1. The molecule has 0 saturated heterocycles. The van der Waals surface area contributed by atoms with Gasteiger partial charge in [0.05, 0.1) is 0 Å². The van der Waals surface area contributed by atoms with Crippen LogP contribution in [0.1, 0.15) is 18.1 Å². The topological polar surface area (TPSA) is 49.4 Å². The molecule has 0 spiro atoms. The van der Waals surface area contributed by atoms with Gasteiger partial charge in [0.1, 0.15) is 0 Å². The summed E-state index contributed by atoms with van der Waals surface area (Å²) >= 11 is 0. The monoisotopic (exact) mass is 286 g/mol. The van der Waals surface area contributed by atoms with E-state index in [1.54, 1.807) is 12.2 Å². The van der Waals surface area contributed by atoms with Crippen molar-refractivity contribution in [2.75, 3.05) is 18.4 Å². The van der Waals surface area contributed by atoms with E-state index in [-0.39, 0.29) is 0 Å². The summed E-state index contributed by atoms with van der Waals surface area (Å²) < 4.78 is 0. The Bertz CT molecular complexity index is 540. The van der Waals surface area contributed by atoms with E-state index in [1.165, 1.54) is 4.90 Å². The maximum Gasteiger partial charge on any atom is 0.313 e. The van der Waals surface area contributed by atoms with Crippen LogP contribution >= 0.6 is 0 Å². The third-order valence-electron chi connectivity index (χ3n) is 3.16. The molecule has 1 N–H and O–H groups in total. The van der Waals surface area contributed by atoms with Gasteiger partial charge in [-0.1, -0.05) is 37.3 Å². The molecule has 4 nitrogen and oxygen atoms in total. The largest absolute Gasteiger partial charge is 0.327 e. The minimum atomic E-state index is -0.636. The van der Waals surface area contributed by atoms with Gasteiger partial charge in [-0.05, 0) is 24.5 Å². The highest BCUT2D eigenvalue weighted by molar-refractivity contribution is 6.39. The number of para-hydroxylation sites is 1. The fourth-order valence-corrected chi connectivity index (χ4v) is 2.06. The quantitative estimate of drug-likeness (QED) is 0.645. The second-order valence-corrected chi connectivity index (χ2v) is 4.70. The Morgan fingerprint density at radius 3 is 2.38 bits per heavy atom. The Kier molecular flexibility index (Phi) is 6.40. The van der Waals surface area contributed by atoms with Gasteiger partial charge in [-0.3, -0.25) is 9.59 Å². The van der Waals surface area contributed by atoms with Crippen molar-refractivity contribution in [3.8, 4) is 0 Å². The number of nitrogens with one attached hydrogen (secondary N) is 1. The van der Waals surface area contributed by atoms with Crippen molar-refractivity contribution in [3.63, 3.8) is 0 Å². The first-order valence-corrected chi connectivity index (χ1v) is 6.95. The first-order chi connectivity index (χ1) is 10.0. The van der Waals surface area contributed by atoms with Gasteiger partial charge in [0.25, 0.3) is 0 Å². The molecule has 0 fully saturated rings. The minimum absolute atomic E-state index is 0.312. The third kappa shape index (κ3) is 4.31. The average Bonchev–Trinajstić information content (AvgIpc) is 2.48.